The summed E-state index contributed by atoms with van der Waals surface area (Å²) in [6, 6.07) is 87.1. The van der Waals surface area contributed by atoms with Gasteiger partial charge in [0, 0.05) is 25.7 Å². The van der Waals surface area contributed by atoms with Crippen LogP contribution in [0, 0.1) is 0 Å². The van der Waals surface area contributed by atoms with Crippen LogP contribution in [-0.4, -0.2) is 22.2 Å². The number of hydrogen-bond acceptors (Lipinski definition) is 12. The molecule has 0 aliphatic heterocycles. The standard InChI is InChI=1S/C84H68O12/c85-77-63-35-19-37-65(77)45-69-41-22-42-70(80(69)96-84(88)72-49-75(91-53-59-27-11-3-12-28-59)82(94-56-62-33-17-6-18-34-62)76(50-72)92-54-60-29-13-4-14-30-60)46-66-38-20-36-64(78(66)86)44-68-40-21-39-67(43-63)79(68)95-83(87)71-47-73(89-51-57-23-7-1-8-24-57)81(93-55-61-31-15-5-16-32-61)74(48-71)90-52-58-25-9-2-10-26-58/h1-42,47-50,85-86H,43-46,51-56H2. The molecule has 2 N–H and O–H groups in total. The molecule has 0 heterocycles. The van der Waals surface area contributed by atoms with Crippen molar-refractivity contribution in [3.63, 3.8) is 0 Å². The number of carbonyl (C=O) groups excluding carboxylic acids is 2. The Balaban J connectivity index is 0.852. The summed E-state index contributed by atoms with van der Waals surface area (Å²) in [5.74, 6) is 0.801. The maximum Gasteiger partial charge on any atom is 0.343 e. The summed E-state index contributed by atoms with van der Waals surface area (Å²) >= 11 is 0. The van der Waals surface area contributed by atoms with Crippen molar-refractivity contribution in [3.8, 4) is 57.5 Å². The molecule has 1 aliphatic carbocycles. The first-order valence-electron chi connectivity index (χ1n) is 31.8. The predicted octanol–water partition coefficient (Wildman–Crippen LogP) is 17.7. The molecule has 0 unspecified atom stereocenters. The Labute approximate surface area is 557 Å². The van der Waals surface area contributed by atoms with Crippen LogP contribution in [0.15, 0.2) is 279 Å². The van der Waals surface area contributed by atoms with E-state index in [0.29, 0.717) is 56.0 Å². The first-order chi connectivity index (χ1) is 47.2. The van der Waals surface area contributed by atoms with Crippen LogP contribution in [0.5, 0.6) is 57.5 Å². The Kier molecular flexibility index (Phi) is 19.7. The van der Waals surface area contributed by atoms with Crippen LogP contribution < -0.4 is 37.9 Å². The van der Waals surface area contributed by atoms with Gasteiger partial charge in [0.25, 0.3) is 0 Å². The van der Waals surface area contributed by atoms with Crippen LogP contribution in [0.4, 0.5) is 0 Å². The van der Waals surface area contributed by atoms with E-state index >= 15 is 9.59 Å². The van der Waals surface area contributed by atoms with Gasteiger partial charge in [0.05, 0.1) is 11.1 Å². The van der Waals surface area contributed by atoms with Crippen LogP contribution >= 0.6 is 0 Å². The number of para-hydroxylation sites is 4. The van der Waals surface area contributed by atoms with E-state index in [9.17, 15) is 10.2 Å². The highest BCUT2D eigenvalue weighted by Crippen LogP contribution is 2.45. The van der Waals surface area contributed by atoms with Crippen LogP contribution in [0.3, 0.4) is 0 Å². The third-order valence-electron chi connectivity index (χ3n) is 16.6. The second-order valence-electron chi connectivity index (χ2n) is 23.4. The minimum absolute atomic E-state index is 0.0100. The van der Waals surface area contributed by atoms with Crippen molar-refractivity contribution in [2.75, 3.05) is 0 Å². The molecular weight excluding hydrogens is 1200 g/mol. The molecule has 1 aliphatic rings. The fourth-order valence-corrected chi connectivity index (χ4v) is 11.6. The van der Waals surface area contributed by atoms with Crippen LogP contribution in [0.1, 0.15) is 98.6 Å². The van der Waals surface area contributed by atoms with Crippen molar-refractivity contribution < 1.29 is 57.7 Å². The van der Waals surface area contributed by atoms with E-state index in [0.717, 1.165) is 33.4 Å². The van der Waals surface area contributed by atoms with E-state index in [-0.39, 0.29) is 122 Å². The van der Waals surface area contributed by atoms with Crippen molar-refractivity contribution in [2.24, 2.45) is 0 Å². The third-order valence-corrected chi connectivity index (χ3v) is 16.6. The smallest absolute Gasteiger partial charge is 0.343 e. The monoisotopic (exact) mass is 1270 g/mol. The zero-order valence-electron chi connectivity index (χ0n) is 52.6. The molecule has 0 saturated carbocycles. The van der Waals surface area contributed by atoms with Gasteiger partial charge in [0.2, 0.25) is 11.5 Å². The maximum absolute atomic E-state index is 15.2. The first kappa shape index (κ1) is 62.8. The summed E-state index contributed by atoms with van der Waals surface area (Å²) < 4.78 is 52.7. The lowest BCUT2D eigenvalue weighted by Gasteiger charge is -2.21. The number of phenols is 2. The van der Waals surface area contributed by atoms with Gasteiger partial charge in [0.1, 0.15) is 62.6 Å². The molecule has 0 fully saturated rings. The minimum atomic E-state index is -0.711. The molecule has 12 heteroatoms. The van der Waals surface area contributed by atoms with Gasteiger partial charge in [-0.15, -0.1) is 0 Å². The molecule has 12 nitrogen and oxygen atoms in total. The Bertz CT molecular complexity index is 4130. The van der Waals surface area contributed by atoms with Gasteiger partial charge in [0.15, 0.2) is 23.0 Å². The normalized spacial score (nSPS) is 11.6. The summed E-state index contributed by atoms with van der Waals surface area (Å²) in [4.78, 5) is 30.4. The molecule has 96 heavy (non-hydrogen) atoms. The van der Waals surface area contributed by atoms with Crippen molar-refractivity contribution >= 4 is 11.9 Å². The second kappa shape index (κ2) is 30.2. The predicted molar refractivity (Wildman–Crippen MR) is 368 cm³/mol. The Morgan fingerprint density at radius 1 is 0.250 bits per heavy atom. The van der Waals surface area contributed by atoms with Crippen LogP contribution in [0.25, 0.3) is 0 Å². The summed E-state index contributed by atoms with van der Waals surface area (Å²) in [5.41, 5.74) is 10.2. The van der Waals surface area contributed by atoms with Gasteiger partial charge in [-0.2, -0.15) is 0 Å². The fraction of sp³-hybridized carbons (Fsp3) is 0.119. The Hall–Kier alpha value is -12.0. The van der Waals surface area contributed by atoms with Gasteiger partial charge in [-0.3, -0.25) is 0 Å². The molecule has 0 saturated heterocycles. The lowest BCUT2D eigenvalue weighted by atomic mass is 9.91. The SMILES string of the molecule is O=C(Oc1c2cccc1Cc1cccc(c1O)Cc1cccc(c1OC(=O)c1cc(OCc3ccccc3)c(OCc3ccccc3)c(OCc3ccccc3)c1)Cc1cccc(c1O)C2)c1cc(OCc2ccccc2)c(OCc2ccccc2)c(OCc2ccccc2)c1. The largest absolute Gasteiger partial charge is 0.507 e. The minimum Gasteiger partial charge on any atom is -0.507 e. The van der Waals surface area contributed by atoms with Crippen molar-refractivity contribution in [1.29, 1.82) is 0 Å². The molecule has 0 atom stereocenters. The fourth-order valence-electron chi connectivity index (χ4n) is 11.6. The van der Waals surface area contributed by atoms with E-state index in [1.807, 2.05) is 255 Å². The summed E-state index contributed by atoms with van der Waals surface area (Å²) in [7, 11) is 0. The van der Waals surface area contributed by atoms with Gasteiger partial charge in [-0.25, -0.2) is 9.59 Å². The van der Waals surface area contributed by atoms with E-state index in [4.69, 9.17) is 37.9 Å². The highest BCUT2D eigenvalue weighted by molar-refractivity contribution is 5.94. The zero-order chi connectivity index (χ0) is 65.4. The third kappa shape index (κ3) is 15.5. The Morgan fingerprint density at radius 2 is 0.458 bits per heavy atom. The number of esters is 2. The lowest BCUT2D eigenvalue weighted by molar-refractivity contribution is 0.0721. The number of carbonyl (C=O) groups is 2. The lowest BCUT2D eigenvalue weighted by Crippen LogP contribution is -2.14. The molecule has 8 bridgehead atoms. The second-order valence-corrected chi connectivity index (χ2v) is 23.4. The molecule has 12 aromatic carbocycles. The van der Waals surface area contributed by atoms with E-state index in [1.165, 1.54) is 0 Å². The van der Waals surface area contributed by atoms with Crippen molar-refractivity contribution in [2.45, 2.75) is 65.3 Å². The first-order valence-corrected chi connectivity index (χ1v) is 31.8. The van der Waals surface area contributed by atoms with E-state index < -0.39 is 11.9 Å². The number of aromatic hydroxyl groups is 2. The van der Waals surface area contributed by atoms with Crippen molar-refractivity contribution in [3.05, 3.63) is 368 Å². The highest BCUT2D eigenvalue weighted by atomic mass is 16.6. The van der Waals surface area contributed by atoms with Gasteiger partial charge < -0.3 is 48.1 Å². The maximum atomic E-state index is 15.2. The molecule has 13 rings (SSSR count). The summed E-state index contributed by atoms with van der Waals surface area (Å²) in [6.07, 6.45) is 0.506. The van der Waals surface area contributed by atoms with E-state index in [1.54, 1.807) is 24.3 Å². The van der Waals surface area contributed by atoms with Gasteiger partial charge >= 0.3 is 11.9 Å². The average molecular weight is 1270 g/mol. The quantitative estimate of drug-likeness (QED) is 0.0491. The molecule has 0 amide bonds. The number of phenolic OH excluding ortho intramolecular Hbond substituents is 2. The number of fused-ring (bicyclic) bond motifs is 8. The highest BCUT2D eigenvalue weighted by Gasteiger charge is 2.28. The molecule has 0 aromatic heterocycles. The van der Waals surface area contributed by atoms with Gasteiger partial charge in [-0.05, 0) is 102 Å². The summed E-state index contributed by atoms with van der Waals surface area (Å²) in [6.45, 7) is 1.02. The number of benzene rings is 12. The average Bonchev–Trinajstić information content (AvgIpc) is 0.840. The molecule has 0 spiro atoms. The van der Waals surface area contributed by atoms with Crippen LogP contribution in [-0.2, 0) is 65.3 Å². The van der Waals surface area contributed by atoms with Crippen molar-refractivity contribution in [1.82, 2.24) is 0 Å². The number of rotatable bonds is 22. The number of hydrogen-bond donors (Lipinski definition) is 2. The van der Waals surface area contributed by atoms with Gasteiger partial charge in [-0.1, -0.05) is 255 Å². The molecule has 476 valence electrons. The topological polar surface area (TPSA) is 148 Å². The van der Waals surface area contributed by atoms with E-state index in [2.05, 4.69) is 0 Å². The van der Waals surface area contributed by atoms with Crippen LogP contribution in [0.2, 0.25) is 0 Å². The zero-order valence-corrected chi connectivity index (χ0v) is 52.6. The summed E-state index contributed by atoms with van der Waals surface area (Å²) in [5, 5.41) is 24.9. The molecule has 0 radical (unpaired) electrons. The molecule has 12 aromatic rings. The molecular formula is C84H68O12. The Morgan fingerprint density at radius 3 is 0.688 bits per heavy atom. The number of ether oxygens (including phenoxy) is 8.